The van der Waals surface area contributed by atoms with Crippen molar-refractivity contribution in [2.45, 2.75) is 37.8 Å². The molecule has 1 saturated carbocycles. The van der Waals surface area contributed by atoms with E-state index in [0.29, 0.717) is 5.96 Å². The van der Waals surface area contributed by atoms with Gasteiger partial charge in [0.2, 0.25) is 11.9 Å². The Labute approximate surface area is 171 Å². The minimum atomic E-state index is -0.455. The Hall–Kier alpha value is -3.00. The number of thiazole rings is 1. The molecule has 0 amide bonds. The van der Waals surface area contributed by atoms with Crippen LogP contribution in [0.1, 0.15) is 32.1 Å². The molecule has 1 aliphatic carbocycles. The lowest BCUT2D eigenvalue weighted by Gasteiger charge is -2.45. The summed E-state index contributed by atoms with van der Waals surface area (Å²) in [5.74, 6) is 0.377. The van der Waals surface area contributed by atoms with Crippen molar-refractivity contribution in [2.24, 2.45) is 21.5 Å². The number of halogens is 1. The lowest BCUT2D eigenvalue weighted by molar-refractivity contribution is 0.305. The number of aliphatic imine (C=N–C) groups is 2. The molecule has 148 valence electrons. The van der Waals surface area contributed by atoms with Crippen molar-refractivity contribution in [3.8, 4) is 10.6 Å². The van der Waals surface area contributed by atoms with E-state index in [1.807, 2.05) is 29.2 Å². The van der Waals surface area contributed by atoms with Gasteiger partial charge in [0.15, 0.2) is 0 Å². The molecule has 0 unspecified atom stereocenters. The minimum Gasteiger partial charge on any atom is -0.369 e. The number of nitrogens with two attached hydrogens (primary N) is 2. The molecule has 6 nitrogen and oxygen atoms in total. The summed E-state index contributed by atoms with van der Waals surface area (Å²) in [7, 11) is 0. The molecule has 1 aromatic heterocycles. The second kappa shape index (κ2) is 6.81. The summed E-state index contributed by atoms with van der Waals surface area (Å²) in [6, 6.07) is 12.7. The zero-order valence-corrected chi connectivity index (χ0v) is 16.6. The van der Waals surface area contributed by atoms with Gasteiger partial charge in [-0.1, -0.05) is 6.42 Å². The molecular weight excluding hydrogens is 387 g/mol. The first-order valence-corrected chi connectivity index (χ1v) is 10.5. The number of hydrogen-bond donors (Lipinski definition) is 2. The Morgan fingerprint density at radius 1 is 1.00 bits per heavy atom. The van der Waals surface area contributed by atoms with Gasteiger partial charge >= 0.3 is 0 Å². The van der Waals surface area contributed by atoms with E-state index in [2.05, 4.69) is 9.98 Å². The van der Waals surface area contributed by atoms with Crippen LogP contribution in [-0.4, -0.2) is 22.6 Å². The van der Waals surface area contributed by atoms with E-state index in [0.717, 1.165) is 52.2 Å². The minimum absolute atomic E-state index is 0.249. The van der Waals surface area contributed by atoms with E-state index < -0.39 is 5.66 Å². The van der Waals surface area contributed by atoms with Crippen LogP contribution in [0, 0.1) is 5.82 Å². The van der Waals surface area contributed by atoms with Crippen LogP contribution in [0.3, 0.4) is 0 Å². The lowest BCUT2D eigenvalue weighted by Crippen LogP contribution is -2.58. The van der Waals surface area contributed by atoms with Crippen molar-refractivity contribution in [3.63, 3.8) is 0 Å². The number of rotatable bonds is 2. The fraction of sp³-hybridized carbons (Fsp3) is 0.286. The first-order valence-electron chi connectivity index (χ1n) is 9.70. The lowest BCUT2D eigenvalue weighted by atomic mass is 9.87. The highest BCUT2D eigenvalue weighted by atomic mass is 32.1. The molecule has 0 radical (unpaired) electrons. The van der Waals surface area contributed by atoms with Crippen LogP contribution < -0.4 is 16.4 Å². The predicted molar refractivity (Wildman–Crippen MR) is 117 cm³/mol. The quantitative estimate of drug-likeness (QED) is 0.664. The normalized spacial score (nSPS) is 18.7. The number of benzene rings is 2. The maximum Gasteiger partial charge on any atom is 0.220 e. The smallest absolute Gasteiger partial charge is 0.220 e. The molecule has 3 aromatic rings. The van der Waals surface area contributed by atoms with Gasteiger partial charge < -0.3 is 11.5 Å². The van der Waals surface area contributed by atoms with Crippen LogP contribution in [0.4, 0.5) is 10.1 Å². The van der Waals surface area contributed by atoms with Crippen LogP contribution in [0.5, 0.6) is 0 Å². The average molecular weight is 409 g/mol. The highest BCUT2D eigenvalue weighted by Gasteiger charge is 2.42. The van der Waals surface area contributed by atoms with Crippen molar-refractivity contribution < 1.29 is 4.39 Å². The molecule has 1 aliphatic heterocycles. The van der Waals surface area contributed by atoms with Gasteiger partial charge in [-0.2, -0.15) is 4.99 Å². The van der Waals surface area contributed by atoms with Crippen molar-refractivity contribution in [1.29, 1.82) is 0 Å². The standard InChI is InChI=1S/C21H21FN6S/c22-14-6-9-16-17(12-14)29-18(25-16)13-4-7-15(8-5-13)28-20(24)26-19(23)27-21(28)10-2-1-3-11-21/h4-9,12H,1-3,10-11H2,(H4,23,24,26,27). The molecule has 1 fully saturated rings. The molecule has 1 spiro atoms. The molecule has 0 bridgehead atoms. The molecule has 4 N–H and O–H groups in total. The molecule has 0 atom stereocenters. The van der Waals surface area contributed by atoms with E-state index in [-0.39, 0.29) is 11.8 Å². The van der Waals surface area contributed by atoms with Gasteiger partial charge in [0, 0.05) is 11.3 Å². The van der Waals surface area contributed by atoms with Gasteiger partial charge in [-0.25, -0.2) is 14.4 Å². The number of guanidine groups is 2. The molecule has 2 aliphatic rings. The van der Waals surface area contributed by atoms with Crippen LogP contribution in [0.2, 0.25) is 0 Å². The molecule has 8 heteroatoms. The number of anilines is 1. The zero-order valence-electron chi connectivity index (χ0n) is 15.8. The summed E-state index contributed by atoms with van der Waals surface area (Å²) in [6.45, 7) is 0. The molecule has 5 rings (SSSR count). The SMILES string of the molecule is NC1=NC2(CCCCC2)N(c2ccc(-c3nc4ccc(F)cc4s3)cc2)C(N)=N1. The fourth-order valence-corrected chi connectivity index (χ4v) is 5.27. The van der Waals surface area contributed by atoms with E-state index in [9.17, 15) is 4.39 Å². The van der Waals surface area contributed by atoms with Gasteiger partial charge in [-0.15, -0.1) is 11.3 Å². The zero-order chi connectivity index (χ0) is 20.0. The van der Waals surface area contributed by atoms with Gasteiger partial charge in [-0.3, -0.25) is 4.90 Å². The Balaban J connectivity index is 1.50. The Morgan fingerprint density at radius 3 is 2.52 bits per heavy atom. The molecule has 29 heavy (non-hydrogen) atoms. The summed E-state index contributed by atoms with van der Waals surface area (Å²) in [5.41, 5.74) is 14.5. The van der Waals surface area contributed by atoms with Crippen molar-refractivity contribution in [2.75, 3.05) is 4.90 Å². The first-order chi connectivity index (χ1) is 14.0. The Kier molecular flexibility index (Phi) is 4.24. The van der Waals surface area contributed by atoms with Crippen molar-refractivity contribution >= 4 is 39.2 Å². The second-order valence-electron chi connectivity index (χ2n) is 7.50. The highest BCUT2D eigenvalue weighted by Crippen LogP contribution is 2.40. The van der Waals surface area contributed by atoms with Crippen LogP contribution in [0.15, 0.2) is 52.4 Å². The number of hydrogen-bond acceptors (Lipinski definition) is 7. The van der Waals surface area contributed by atoms with E-state index >= 15 is 0 Å². The summed E-state index contributed by atoms with van der Waals surface area (Å²) in [4.78, 5) is 15.6. The maximum atomic E-state index is 13.5. The second-order valence-corrected chi connectivity index (χ2v) is 8.53. The Morgan fingerprint density at radius 2 is 1.76 bits per heavy atom. The third-order valence-electron chi connectivity index (χ3n) is 5.57. The Bertz CT molecular complexity index is 1130. The average Bonchev–Trinajstić information content (AvgIpc) is 3.11. The topological polar surface area (TPSA) is 92.9 Å². The molecule has 2 heterocycles. The van der Waals surface area contributed by atoms with Crippen LogP contribution in [-0.2, 0) is 0 Å². The van der Waals surface area contributed by atoms with Gasteiger partial charge in [0.05, 0.1) is 10.2 Å². The number of aromatic nitrogens is 1. The molecule has 0 saturated heterocycles. The van der Waals surface area contributed by atoms with Gasteiger partial charge in [-0.05, 0) is 68.1 Å². The maximum absolute atomic E-state index is 13.5. The van der Waals surface area contributed by atoms with Gasteiger partial charge in [0.1, 0.15) is 16.5 Å². The number of fused-ring (bicyclic) bond motifs is 1. The monoisotopic (exact) mass is 408 g/mol. The molecule has 2 aromatic carbocycles. The summed E-state index contributed by atoms with van der Waals surface area (Å²) in [6.07, 6.45) is 5.16. The van der Waals surface area contributed by atoms with Crippen molar-refractivity contribution in [3.05, 3.63) is 48.3 Å². The van der Waals surface area contributed by atoms with Crippen molar-refractivity contribution in [1.82, 2.24) is 4.98 Å². The first kappa shape index (κ1) is 18.1. The predicted octanol–water partition coefficient (Wildman–Crippen LogP) is 4.21. The summed E-state index contributed by atoms with van der Waals surface area (Å²) >= 11 is 1.48. The van der Waals surface area contributed by atoms with E-state index in [1.54, 1.807) is 6.07 Å². The largest absolute Gasteiger partial charge is 0.369 e. The third kappa shape index (κ3) is 3.13. The number of nitrogens with zero attached hydrogens (tertiary/aromatic N) is 4. The highest BCUT2D eigenvalue weighted by molar-refractivity contribution is 7.21. The van der Waals surface area contributed by atoms with Gasteiger partial charge in [0.25, 0.3) is 0 Å². The van der Waals surface area contributed by atoms with E-state index in [4.69, 9.17) is 16.5 Å². The summed E-state index contributed by atoms with van der Waals surface area (Å²) in [5, 5.41) is 0.854. The van der Waals surface area contributed by atoms with Crippen LogP contribution >= 0.6 is 11.3 Å². The van der Waals surface area contributed by atoms with Crippen LogP contribution in [0.25, 0.3) is 20.8 Å². The van der Waals surface area contributed by atoms with E-state index in [1.165, 1.54) is 29.9 Å². The molecular formula is C21H21FN6S. The summed E-state index contributed by atoms with van der Waals surface area (Å²) < 4.78 is 14.3. The fourth-order valence-electron chi connectivity index (χ4n) is 4.27. The third-order valence-corrected chi connectivity index (χ3v) is 6.64.